The van der Waals surface area contributed by atoms with E-state index in [1.807, 2.05) is 24.3 Å². The first-order valence-corrected chi connectivity index (χ1v) is 7.63. The van der Waals surface area contributed by atoms with Crippen molar-refractivity contribution in [2.45, 2.75) is 9.79 Å². The molecule has 0 aromatic heterocycles. The van der Waals surface area contributed by atoms with Crippen LogP contribution in [0.2, 0.25) is 5.02 Å². The summed E-state index contributed by atoms with van der Waals surface area (Å²) in [6.07, 6.45) is 0. The molecule has 4 heteroatoms. The van der Waals surface area contributed by atoms with Crippen molar-refractivity contribution in [2.75, 3.05) is 0 Å². The molecule has 3 aromatic carbocycles. The van der Waals surface area contributed by atoms with Gasteiger partial charge in [0.05, 0.1) is 0 Å². The minimum Gasteiger partial charge on any atom is -0.384 e. The SMILES string of the molecule is N=C(N)c1cc(Cl)ccc1Sc1ccc2ccccc2c1. The zero-order chi connectivity index (χ0) is 14.8. The van der Waals surface area contributed by atoms with Gasteiger partial charge in [0, 0.05) is 20.4 Å². The number of nitrogens with one attached hydrogen (secondary N) is 1. The second kappa shape index (κ2) is 5.80. The molecule has 0 unspecified atom stereocenters. The molecule has 104 valence electrons. The number of nitrogen functional groups attached to an aromatic ring is 1. The average molecular weight is 313 g/mol. The summed E-state index contributed by atoms with van der Waals surface area (Å²) in [5.74, 6) is 0.0285. The lowest BCUT2D eigenvalue weighted by atomic mass is 10.1. The van der Waals surface area contributed by atoms with Crippen molar-refractivity contribution in [2.24, 2.45) is 5.73 Å². The maximum Gasteiger partial charge on any atom is 0.123 e. The summed E-state index contributed by atoms with van der Waals surface area (Å²) < 4.78 is 0. The largest absolute Gasteiger partial charge is 0.384 e. The molecule has 0 radical (unpaired) electrons. The highest BCUT2D eigenvalue weighted by molar-refractivity contribution is 7.99. The summed E-state index contributed by atoms with van der Waals surface area (Å²) >= 11 is 7.57. The standard InChI is InChI=1S/C17H13ClN2S/c18-13-6-8-16(15(10-13)17(19)20)21-14-7-5-11-3-1-2-4-12(11)9-14/h1-10H,(H3,19,20). The van der Waals surface area contributed by atoms with E-state index in [-0.39, 0.29) is 5.84 Å². The lowest BCUT2D eigenvalue weighted by Gasteiger charge is -2.09. The summed E-state index contributed by atoms with van der Waals surface area (Å²) in [5, 5.41) is 10.7. The molecule has 0 saturated carbocycles. The van der Waals surface area contributed by atoms with Crippen molar-refractivity contribution >= 4 is 40.0 Å². The smallest absolute Gasteiger partial charge is 0.123 e. The molecule has 0 aliphatic heterocycles. The highest BCUT2D eigenvalue weighted by Crippen LogP contribution is 2.33. The van der Waals surface area contributed by atoms with Gasteiger partial charge in [-0.2, -0.15) is 0 Å². The van der Waals surface area contributed by atoms with E-state index in [0.717, 1.165) is 9.79 Å². The maximum atomic E-state index is 7.68. The Kier molecular flexibility index (Phi) is 3.86. The minimum atomic E-state index is 0.0285. The van der Waals surface area contributed by atoms with Crippen LogP contribution in [0.25, 0.3) is 10.8 Å². The van der Waals surface area contributed by atoms with Gasteiger partial charge in [0.2, 0.25) is 0 Å². The van der Waals surface area contributed by atoms with Gasteiger partial charge in [0.15, 0.2) is 0 Å². The maximum absolute atomic E-state index is 7.68. The molecule has 3 rings (SSSR count). The lowest BCUT2D eigenvalue weighted by molar-refractivity contribution is 1.33. The first-order chi connectivity index (χ1) is 10.1. The Morgan fingerprint density at radius 3 is 2.48 bits per heavy atom. The van der Waals surface area contributed by atoms with Crippen LogP contribution in [0.15, 0.2) is 70.5 Å². The van der Waals surface area contributed by atoms with Crippen LogP contribution in [0, 0.1) is 5.41 Å². The predicted octanol–water partition coefficient (Wildman–Crippen LogP) is 4.93. The van der Waals surface area contributed by atoms with Gasteiger partial charge in [0.1, 0.15) is 5.84 Å². The van der Waals surface area contributed by atoms with Gasteiger partial charge in [-0.05, 0) is 41.1 Å². The number of rotatable bonds is 3. The van der Waals surface area contributed by atoms with E-state index in [2.05, 4.69) is 30.3 Å². The fourth-order valence-electron chi connectivity index (χ4n) is 2.16. The summed E-state index contributed by atoms with van der Waals surface area (Å²) in [6.45, 7) is 0. The number of amidine groups is 1. The third-order valence-corrected chi connectivity index (χ3v) is 4.48. The second-order valence-corrected chi connectivity index (χ2v) is 6.22. The van der Waals surface area contributed by atoms with Gasteiger partial charge in [-0.1, -0.05) is 53.7 Å². The third kappa shape index (κ3) is 3.04. The van der Waals surface area contributed by atoms with Crippen LogP contribution < -0.4 is 5.73 Å². The molecular formula is C17H13ClN2S. The van der Waals surface area contributed by atoms with Crippen LogP contribution in [0.4, 0.5) is 0 Å². The fraction of sp³-hybridized carbons (Fsp3) is 0. The fourth-order valence-corrected chi connectivity index (χ4v) is 3.32. The number of fused-ring (bicyclic) bond motifs is 1. The summed E-state index contributed by atoms with van der Waals surface area (Å²) in [4.78, 5) is 2.04. The molecule has 21 heavy (non-hydrogen) atoms. The number of halogens is 1. The van der Waals surface area contributed by atoms with Crippen LogP contribution in [-0.4, -0.2) is 5.84 Å². The zero-order valence-corrected chi connectivity index (χ0v) is 12.7. The molecule has 0 aliphatic rings. The molecule has 3 aromatic rings. The first-order valence-electron chi connectivity index (χ1n) is 6.44. The molecular weight excluding hydrogens is 300 g/mol. The molecule has 2 nitrogen and oxygen atoms in total. The summed E-state index contributed by atoms with van der Waals surface area (Å²) in [6, 6.07) is 20.0. The Balaban J connectivity index is 2.00. The molecule has 0 spiro atoms. The zero-order valence-electron chi connectivity index (χ0n) is 11.1. The summed E-state index contributed by atoms with van der Waals surface area (Å²) in [7, 11) is 0. The van der Waals surface area contributed by atoms with E-state index in [4.69, 9.17) is 22.7 Å². The number of hydrogen-bond acceptors (Lipinski definition) is 2. The van der Waals surface area contributed by atoms with Crippen LogP contribution in [0.1, 0.15) is 5.56 Å². The predicted molar refractivity (Wildman–Crippen MR) is 90.5 cm³/mol. The quantitative estimate of drug-likeness (QED) is 0.532. The molecule has 0 atom stereocenters. The third-order valence-electron chi connectivity index (χ3n) is 3.18. The average Bonchev–Trinajstić information content (AvgIpc) is 2.49. The molecule has 0 saturated heterocycles. The van der Waals surface area contributed by atoms with Crippen molar-refractivity contribution in [3.63, 3.8) is 0 Å². The van der Waals surface area contributed by atoms with Crippen molar-refractivity contribution in [1.29, 1.82) is 5.41 Å². The number of hydrogen-bond donors (Lipinski definition) is 2. The van der Waals surface area contributed by atoms with E-state index in [1.54, 1.807) is 17.8 Å². The van der Waals surface area contributed by atoms with E-state index < -0.39 is 0 Å². The van der Waals surface area contributed by atoms with Gasteiger partial charge < -0.3 is 5.73 Å². The Morgan fingerprint density at radius 1 is 0.952 bits per heavy atom. The van der Waals surface area contributed by atoms with Crippen LogP contribution in [-0.2, 0) is 0 Å². The van der Waals surface area contributed by atoms with Gasteiger partial charge in [-0.3, -0.25) is 5.41 Å². The molecule has 0 aliphatic carbocycles. The van der Waals surface area contributed by atoms with Crippen LogP contribution in [0.5, 0.6) is 0 Å². The molecule has 3 N–H and O–H groups in total. The van der Waals surface area contributed by atoms with E-state index in [1.165, 1.54) is 10.8 Å². The van der Waals surface area contributed by atoms with Crippen molar-refractivity contribution in [3.05, 3.63) is 71.2 Å². The highest BCUT2D eigenvalue weighted by atomic mass is 35.5. The van der Waals surface area contributed by atoms with E-state index in [9.17, 15) is 0 Å². The van der Waals surface area contributed by atoms with E-state index in [0.29, 0.717) is 10.6 Å². The Morgan fingerprint density at radius 2 is 1.71 bits per heavy atom. The van der Waals surface area contributed by atoms with Crippen molar-refractivity contribution < 1.29 is 0 Å². The van der Waals surface area contributed by atoms with Crippen LogP contribution >= 0.6 is 23.4 Å². The Labute approximate surface area is 132 Å². The first kappa shape index (κ1) is 14.0. The molecule has 0 fully saturated rings. The van der Waals surface area contributed by atoms with Crippen LogP contribution in [0.3, 0.4) is 0 Å². The monoisotopic (exact) mass is 312 g/mol. The Bertz CT molecular complexity index is 830. The highest BCUT2D eigenvalue weighted by Gasteiger charge is 2.08. The lowest BCUT2D eigenvalue weighted by Crippen LogP contribution is -2.12. The normalized spacial score (nSPS) is 10.7. The summed E-state index contributed by atoms with van der Waals surface area (Å²) in [5.41, 5.74) is 6.31. The van der Waals surface area contributed by atoms with Gasteiger partial charge in [0.25, 0.3) is 0 Å². The molecule has 0 heterocycles. The van der Waals surface area contributed by atoms with Crippen molar-refractivity contribution in [3.8, 4) is 0 Å². The topological polar surface area (TPSA) is 49.9 Å². The second-order valence-electron chi connectivity index (χ2n) is 4.67. The van der Waals surface area contributed by atoms with Gasteiger partial charge >= 0.3 is 0 Å². The Hall–Kier alpha value is -1.97. The van der Waals surface area contributed by atoms with Gasteiger partial charge in [-0.15, -0.1) is 0 Å². The number of benzene rings is 3. The van der Waals surface area contributed by atoms with E-state index >= 15 is 0 Å². The molecule has 0 bridgehead atoms. The van der Waals surface area contributed by atoms with Gasteiger partial charge in [-0.25, -0.2) is 0 Å². The molecule has 0 amide bonds. The van der Waals surface area contributed by atoms with Crippen molar-refractivity contribution in [1.82, 2.24) is 0 Å². The number of nitrogens with two attached hydrogens (primary N) is 1. The minimum absolute atomic E-state index is 0.0285.